The molecular weight excluding hydrogens is 562 g/mol. The second-order valence-corrected chi connectivity index (χ2v) is 10.3. The molecule has 4 aromatic rings. The summed E-state index contributed by atoms with van der Waals surface area (Å²) in [5, 5.41) is 3.33. The van der Waals surface area contributed by atoms with Gasteiger partial charge in [0.05, 0.1) is 17.5 Å². The Bertz CT molecular complexity index is 1730. The summed E-state index contributed by atoms with van der Waals surface area (Å²) in [6.45, 7) is -0.436. The van der Waals surface area contributed by atoms with Gasteiger partial charge in [0, 0.05) is 22.2 Å². The summed E-state index contributed by atoms with van der Waals surface area (Å²) in [5.74, 6) is -0.673. The number of ketones is 1. The summed E-state index contributed by atoms with van der Waals surface area (Å²) in [6, 6.07) is 22.7. The van der Waals surface area contributed by atoms with E-state index in [4.69, 9.17) is 16.3 Å². The molecule has 0 atom stereocenters. The van der Waals surface area contributed by atoms with Crippen molar-refractivity contribution in [3.8, 4) is 5.75 Å². The average Bonchev–Trinajstić information content (AvgIpc) is 3.23. The lowest BCUT2D eigenvalue weighted by Crippen LogP contribution is -2.36. The maximum Gasteiger partial charge on any atom is 0.294 e. The quantitative estimate of drug-likeness (QED) is 0.144. The number of anilines is 1. The van der Waals surface area contributed by atoms with Gasteiger partial charge in [0.15, 0.2) is 5.78 Å². The lowest BCUT2D eigenvalue weighted by molar-refractivity contribution is -0.127. The number of amides is 3. The number of carbonyl (C=O) groups is 4. The number of benzene rings is 3. The van der Waals surface area contributed by atoms with Crippen molar-refractivity contribution in [3.05, 3.63) is 112 Å². The SMILES string of the molecule is COc1ccc(/C=C2\SC(=O)N(CC(=O)Nc3ccc(C(=O)/C=C/c4cc5ccccc5nc4Cl)cc3)C2=O)cc1. The topological polar surface area (TPSA) is 106 Å². The van der Waals surface area contributed by atoms with Crippen LogP contribution in [0.25, 0.3) is 23.1 Å². The third-order valence-corrected chi connectivity index (χ3v) is 7.37. The molecule has 0 radical (unpaired) electrons. The fourth-order valence-corrected chi connectivity index (χ4v) is 5.08. The Hall–Kier alpha value is -4.73. The van der Waals surface area contributed by atoms with Gasteiger partial charge < -0.3 is 10.1 Å². The van der Waals surface area contributed by atoms with E-state index in [1.54, 1.807) is 67.8 Å². The molecule has 3 aromatic carbocycles. The van der Waals surface area contributed by atoms with Gasteiger partial charge in [-0.25, -0.2) is 4.98 Å². The number of pyridine rings is 1. The highest BCUT2D eigenvalue weighted by molar-refractivity contribution is 8.18. The fourth-order valence-electron chi connectivity index (χ4n) is 4.04. The molecule has 5 rings (SSSR count). The Balaban J connectivity index is 1.19. The summed E-state index contributed by atoms with van der Waals surface area (Å²) in [7, 11) is 1.56. The number of fused-ring (bicyclic) bond motifs is 1. The largest absolute Gasteiger partial charge is 0.497 e. The van der Waals surface area contributed by atoms with E-state index in [1.807, 2.05) is 30.3 Å². The maximum atomic E-state index is 12.8. The minimum absolute atomic E-state index is 0.227. The van der Waals surface area contributed by atoms with E-state index in [-0.39, 0.29) is 10.7 Å². The molecule has 3 amide bonds. The van der Waals surface area contributed by atoms with Crippen molar-refractivity contribution in [3.63, 3.8) is 0 Å². The van der Waals surface area contributed by atoms with E-state index in [1.165, 1.54) is 6.08 Å². The molecule has 1 aromatic heterocycles. The van der Waals surface area contributed by atoms with Crippen LogP contribution in [0.2, 0.25) is 5.15 Å². The zero-order chi connectivity index (χ0) is 28.9. The number of carbonyl (C=O) groups excluding carboxylic acids is 4. The van der Waals surface area contributed by atoms with Gasteiger partial charge in [-0.2, -0.15) is 0 Å². The minimum Gasteiger partial charge on any atom is -0.497 e. The highest BCUT2D eigenvalue weighted by atomic mass is 35.5. The lowest BCUT2D eigenvalue weighted by Gasteiger charge is -2.12. The number of thioether (sulfide) groups is 1. The van der Waals surface area contributed by atoms with Crippen molar-refractivity contribution in [2.24, 2.45) is 0 Å². The molecule has 2 heterocycles. The number of halogens is 1. The third kappa shape index (κ3) is 6.54. The van der Waals surface area contributed by atoms with Crippen LogP contribution in [0.1, 0.15) is 21.5 Å². The number of hydrogen-bond donors (Lipinski definition) is 1. The predicted octanol–water partition coefficient (Wildman–Crippen LogP) is 6.47. The highest BCUT2D eigenvalue weighted by Gasteiger charge is 2.36. The van der Waals surface area contributed by atoms with E-state index < -0.39 is 23.6 Å². The van der Waals surface area contributed by atoms with Gasteiger partial charge in [-0.3, -0.25) is 24.1 Å². The van der Waals surface area contributed by atoms with Crippen molar-refractivity contribution < 1.29 is 23.9 Å². The summed E-state index contributed by atoms with van der Waals surface area (Å²) < 4.78 is 5.12. The summed E-state index contributed by atoms with van der Waals surface area (Å²) >= 11 is 7.04. The Morgan fingerprint density at radius 2 is 1.76 bits per heavy atom. The first-order valence-electron chi connectivity index (χ1n) is 12.4. The highest BCUT2D eigenvalue weighted by Crippen LogP contribution is 2.32. The van der Waals surface area contributed by atoms with Crippen LogP contribution < -0.4 is 10.1 Å². The van der Waals surface area contributed by atoms with Crippen molar-refractivity contribution in [1.29, 1.82) is 0 Å². The third-order valence-electron chi connectivity index (χ3n) is 6.16. The van der Waals surface area contributed by atoms with Crippen LogP contribution in [0.5, 0.6) is 5.75 Å². The molecule has 0 spiro atoms. The molecule has 1 aliphatic heterocycles. The first kappa shape index (κ1) is 27.8. The first-order valence-corrected chi connectivity index (χ1v) is 13.6. The normalized spacial score (nSPS) is 14.3. The smallest absolute Gasteiger partial charge is 0.294 e. The van der Waals surface area contributed by atoms with Crippen LogP contribution in [0.3, 0.4) is 0 Å². The number of para-hydroxylation sites is 1. The number of aromatic nitrogens is 1. The number of methoxy groups -OCH3 is 1. The Morgan fingerprint density at radius 1 is 1.02 bits per heavy atom. The molecule has 0 aliphatic carbocycles. The summed E-state index contributed by atoms with van der Waals surface area (Å²) in [4.78, 5) is 55.9. The second-order valence-electron chi connectivity index (χ2n) is 8.93. The maximum absolute atomic E-state index is 12.8. The van der Waals surface area contributed by atoms with Crippen molar-refractivity contribution in [1.82, 2.24) is 9.88 Å². The molecule has 1 fully saturated rings. The molecule has 204 valence electrons. The van der Waals surface area contributed by atoms with Gasteiger partial charge >= 0.3 is 0 Å². The van der Waals surface area contributed by atoms with Crippen LogP contribution in [0.15, 0.2) is 89.8 Å². The number of nitrogens with one attached hydrogen (secondary N) is 1. The van der Waals surface area contributed by atoms with Crippen molar-refractivity contribution in [2.45, 2.75) is 0 Å². The van der Waals surface area contributed by atoms with Gasteiger partial charge in [-0.1, -0.05) is 41.9 Å². The number of allylic oxidation sites excluding steroid dienone is 1. The van der Waals surface area contributed by atoms with E-state index >= 15 is 0 Å². The van der Waals surface area contributed by atoms with Gasteiger partial charge in [-0.15, -0.1) is 0 Å². The fraction of sp³-hybridized carbons (Fsp3) is 0.0645. The molecule has 0 bridgehead atoms. The monoisotopic (exact) mass is 583 g/mol. The van der Waals surface area contributed by atoms with E-state index in [2.05, 4.69) is 10.3 Å². The van der Waals surface area contributed by atoms with E-state index in [9.17, 15) is 19.2 Å². The van der Waals surface area contributed by atoms with E-state index in [0.717, 1.165) is 33.1 Å². The number of imide groups is 1. The van der Waals surface area contributed by atoms with Crippen LogP contribution in [-0.4, -0.2) is 46.4 Å². The molecule has 1 saturated heterocycles. The molecule has 1 N–H and O–H groups in total. The molecule has 1 aliphatic rings. The van der Waals surface area contributed by atoms with Gasteiger partial charge in [0.25, 0.3) is 11.1 Å². The van der Waals surface area contributed by atoms with E-state index in [0.29, 0.717) is 27.7 Å². The zero-order valence-electron chi connectivity index (χ0n) is 21.7. The lowest BCUT2D eigenvalue weighted by atomic mass is 10.1. The molecule has 8 nitrogen and oxygen atoms in total. The molecule has 0 saturated carbocycles. The van der Waals surface area contributed by atoms with Crippen molar-refractivity contribution in [2.75, 3.05) is 19.0 Å². The molecular formula is C31H22ClN3O5S. The average molecular weight is 584 g/mol. The van der Waals surface area contributed by atoms with Crippen LogP contribution in [0.4, 0.5) is 10.5 Å². The van der Waals surface area contributed by atoms with Gasteiger partial charge in [-0.05, 0) is 84.1 Å². The number of ether oxygens (including phenoxy) is 1. The molecule has 0 unspecified atom stereocenters. The molecule has 10 heteroatoms. The van der Waals surface area contributed by atoms with Crippen molar-refractivity contribution >= 4 is 74.9 Å². The standard InChI is InChI=1S/C31H22ClN3O5S/c1-40-24-13-6-19(7-14-24)16-27-30(38)35(31(39)41-27)18-28(37)33-23-11-8-20(9-12-23)26(36)15-10-22-17-21-4-2-3-5-25(21)34-29(22)32/h2-17H,18H2,1H3,(H,33,37)/b15-10+,27-16-. The van der Waals surface area contributed by atoms with Gasteiger partial charge in [0.2, 0.25) is 5.91 Å². The van der Waals surface area contributed by atoms with Crippen LogP contribution in [-0.2, 0) is 9.59 Å². The molecule has 41 heavy (non-hydrogen) atoms. The van der Waals surface area contributed by atoms with Crippen LogP contribution >= 0.6 is 23.4 Å². The minimum atomic E-state index is -0.546. The predicted molar refractivity (Wildman–Crippen MR) is 161 cm³/mol. The Labute approximate surface area is 244 Å². The summed E-state index contributed by atoms with van der Waals surface area (Å²) in [6.07, 6.45) is 4.61. The second kappa shape index (κ2) is 12.2. The number of rotatable bonds is 8. The number of nitrogens with zero attached hydrogens (tertiary/aromatic N) is 2. The van der Waals surface area contributed by atoms with Gasteiger partial charge in [0.1, 0.15) is 17.4 Å². The zero-order valence-corrected chi connectivity index (χ0v) is 23.2. The number of hydrogen-bond acceptors (Lipinski definition) is 7. The Morgan fingerprint density at radius 3 is 2.49 bits per heavy atom. The van der Waals surface area contributed by atoms with Crippen LogP contribution in [0, 0.1) is 0 Å². The summed E-state index contributed by atoms with van der Waals surface area (Å²) in [5.41, 5.74) is 2.93. The Kier molecular flexibility index (Phi) is 8.28. The first-order chi connectivity index (χ1) is 19.8.